The van der Waals surface area contributed by atoms with Gasteiger partial charge in [0, 0.05) is 11.9 Å². The van der Waals surface area contributed by atoms with Crippen molar-refractivity contribution in [1.29, 1.82) is 0 Å². The Morgan fingerprint density at radius 3 is 2.50 bits per heavy atom. The molecule has 0 aliphatic heterocycles. The molecule has 0 spiro atoms. The van der Waals surface area contributed by atoms with Gasteiger partial charge in [-0.05, 0) is 7.05 Å². The first-order chi connectivity index (χ1) is 2.77. The predicted octanol–water partition coefficient (Wildman–Crippen LogP) is 0.257. The quantitative estimate of drug-likeness (QED) is 0.486. The van der Waals surface area contributed by atoms with E-state index < -0.39 is 5.24 Å². The van der Waals surface area contributed by atoms with E-state index in [-0.39, 0.29) is 0 Å². The predicted molar refractivity (Wildman–Crippen MR) is 25.1 cm³/mol. The molecule has 0 aromatic rings. The highest BCUT2D eigenvalue weighted by Crippen LogP contribution is 1.87. The van der Waals surface area contributed by atoms with Crippen molar-refractivity contribution in [1.82, 2.24) is 10.5 Å². The van der Waals surface area contributed by atoms with Crippen molar-refractivity contribution in [2.75, 3.05) is 7.05 Å². The molecule has 0 fully saturated rings. The van der Waals surface area contributed by atoms with Crippen molar-refractivity contribution >= 4 is 17.2 Å². The SMILES string of the molecule is CNSC([NH])=O. The van der Waals surface area contributed by atoms with E-state index in [0.717, 1.165) is 11.9 Å². The summed E-state index contributed by atoms with van der Waals surface area (Å²) >= 11 is 0.764. The van der Waals surface area contributed by atoms with Crippen LogP contribution in [0.5, 0.6) is 0 Å². The molecular weight excluding hydrogens is 100 g/mol. The van der Waals surface area contributed by atoms with Gasteiger partial charge in [0.25, 0.3) is 0 Å². The van der Waals surface area contributed by atoms with Gasteiger partial charge < -0.3 is 0 Å². The van der Waals surface area contributed by atoms with Crippen molar-refractivity contribution in [3.8, 4) is 0 Å². The summed E-state index contributed by atoms with van der Waals surface area (Å²) in [6.45, 7) is 0. The Morgan fingerprint density at radius 1 is 2.00 bits per heavy atom. The summed E-state index contributed by atoms with van der Waals surface area (Å²) in [5, 5.41) is -0.655. The smallest absolute Gasteiger partial charge is 0.259 e. The molecule has 0 rings (SSSR count). The fraction of sp³-hybridized carbons (Fsp3) is 0.500. The van der Waals surface area contributed by atoms with Gasteiger partial charge in [0.15, 0.2) is 0 Å². The number of hydrogen-bond acceptors (Lipinski definition) is 3. The van der Waals surface area contributed by atoms with Crippen LogP contribution in [0.2, 0.25) is 0 Å². The van der Waals surface area contributed by atoms with Gasteiger partial charge in [0.2, 0.25) is 0 Å². The molecule has 0 saturated heterocycles. The largest absolute Gasteiger partial charge is 0.312 e. The van der Waals surface area contributed by atoms with Crippen LogP contribution in [0.1, 0.15) is 0 Å². The Bertz CT molecular complexity index is 55.5. The third-order valence-electron chi connectivity index (χ3n) is 0.195. The van der Waals surface area contributed by atoms with Gasteiger partial charge in [-0.15, -0.1) is 0 Å². The number of carbonyl (C=O) groups is 1. The van der Waals surface area contributed by atoms with Gasteiger partial charge in [0.05, 0.1) is 0 Å². The second-order valence-corrected chi connectivity index (χ2v) is 1.58. The molecule has 0 saturated carbocycles. The summed E-state index contributed by atoms with van der Waals surface area (Å²) in [7, 11) is 1.59. The van der Waals surface area contributed by atoms with Crippen LogP contribution in [0.25, 0.3) is 0 Å². The van der Waals surface area contributed by atoms with Crippen LogP contribution in [0.4, 0.5) is 4.79 Å². The average molecular weight is 105 g/mol. The van der Waals surface area contributed by atoms with Crippen LogP contribution in [-0.2, 0) is 0 Å². The van der Waals surface area contributed by atoms with Crippen molar-refractivity contribution in [3.05, 3.63) is 0 Å². The maximum Gasteiger partial charge on any atom is 0.312 e. The lowest BCUT2D eigenvalue weighted by atomic mass is 11.5. The molecule has 2 N–H and O–H groups in total. The molecule has 0 aromatic carbocycles. The molecular formula is C2H5N2OS. The first-order valence-electron chi connectivity index (χ1n) is 1.36. The highest BCUT2D eigenvalue weighted by molar-refractivity contribution is 8.11. The van der Waals surface area contributed by atoms with E-state index in [2.05, 4.69) is 4.72 Å². The van der Waals surface area contributed by atoms with Crippen molar-refractivity contribution < 1.29 is 4.79 Å². The van der Waals surface area contributed by atoms with Gasteiger partial charge in [-0.2, -0.15) is 0 Å². The number of carbonyl (C=O) groups excluding carboxylic acids is 1. The lowest BCUT2D eigenvalue weighted by molar-refractivity contribution is 0.266. The summed E-state index contributed by atoms with van der Waals surface area (Å²) in [6.07, 6.45) is 0. The minimum Gasteiger partial charge on any atom is -0.259 e. The van der Waals surface area contributed by atoms with E-state index in [1.165, 1.54) is 0 Å². The molecule has 0 unspecified atom stereocenters. The maximum absolute atomic E-state index is 9.61. The second kappa shape index (κ2) is 2.99. The third-order valence-corrected chi connectivity index (χ3v) is 0.584. The van der Waals surface area contributed by atoms with Crippen LogP contribution in [-0.4, -0.2) is 12.3 Å². The second-order valence-electron chi connectivity index (χ2n) is 0.594. The topological polar surface area (TPSA) is 52.9 Å². The Morgan fingerprint density at radius 2 is 2.50 bits per heavy atom. The first kappa shape index (κ1) is 5.78. The molecule has 3 nitrogen and oxygen atoms in total. The minimum atomic E-state index is -0.655. The van der Waals surface area contributed by atoms with E-state index >= 15 is 0 Å². The fourth-order valence-electron chi connectivity index (χ4n) is 0.0927. The number of rotatable bonds is 1. The molecule has 0 atom stereocenters. The zero-order chi connectivity index (χ0) is 4.99. The van der Waals surface area contributed by atoms with E-state index in [0.29, 0.717) is 0 Å². The van der Waals surface area contributed by atoms with Crippen LogP contribution in [0, 0.1) is 0 Å². The van der Waals surface area contributed by atoms with Crippen LogP contribution >= 0.6 is 11.9 Å². The molecule has 1 radical (unpaired) electrons. The molecule has 0 aliphatic rings. The summed E-state index contributed by atoms with van der Waals surface area (Å²) in [4.78, 5) is 9.61. The number of hydrogen-bond donors (Lipinski definition) is 1. The Labute approximate surface area is 40.4 Å². The number of amides is 1. The maximum atomic E-state index is 9.61. The Kier molecular flexibility index (Phi) is 2.88. The molecule has 0 aliphatic carbocycles. The van der Waals surface area contributed by atoms with Crippen LogP contribution in [0.3, 0.4) is 0 Å². The third kappa shape index (κ3) is 3.78. The van der Waals surface area contributed by atoms with Gasteiger partial charge in [-0.25, -0.2) is 0 Å². The standard InChI is InChI=1S/C2H5N2OS/c1-4-6-2(3)5/h3-4H,1H3. The van der Waals surface area contributed by atoms with Gasteiger partial charge in [-0.3, -0.25) is 15.3 Å². The lowest BCUT2D eigenvalue weighted by Gasteiger charge is -1.82. The molecule has 0 aromatic heterocycles. The van der Waals surface area contributed by atoms with E-state index in [1.54, 1.807) is 7.05 Å². The van der Waals surface area contributed by atoms with Crippen molar-refractivity contribution in [3.63, 3.8) is 0 Å². The zero-order valence-electron chi connectivity index (χ0n) is 3.32. The lowest BCUT2D eigenvalue weighted by Crippen LogP contribution is -1.98. The fourth-order valence-corrected chi connectivity index (χ4v) is 0.278. The van der Waals surface area contributed by atoms with E-state index in [1.807, 2.05) is 0 Å². The summed E-state index contributed by atoms with van der Waals surface area (Å²) in [6, 6.07) is 0. The van der Waals surface area contributed by atoms with Crippen LogP contribution < -0.4 is 10.5 Å². The van der Waals surface area contributed by atoms with E-state index in [9.17, 15) is 4.79 Å². The minimum absolute atomic E-state index is 0.655. The highest BCUT2D eigenvalue weighted by atomic mass is 32.2. The van der Waals surface area contributed by atoms with Crippen molar-refractivity contribution in [2.45, 2.75) is 0 Å². The van der Waals surface area contributed by atoms with E-state index in [4.69, 9.17) is 5.73 Å². The van der Waals surface area contributed by atoms with Gasteiger partial charge in [0.1, 0.15) is 0 Å². The summed E-state index contributed by atoms with van der Waals surface area (Å²) in [5.41, 5.74) is 6.24. The van der Waals surface area contributed by atoms with Gasteiger partial charge in [-0.1, -0.05) is 0 Å². The zero-order valence-corrected chi connectivity index (χ0v) is 4.13. The molecule has 0 heterocycles. The molecule has 35 valence electrons. The molecule has 6 heavy (non-hydrogen) atoms. The Balaban J connectivity index is 2.83. The molecule has 0 bridgehead atoms. The number of nitrogens with one attached hydrogen (secondary N) is 2. The summed E-state index contributed by atoms with van der Waals surface area (Å²) < 4.78 is 2.45. The molecule has 4 heteroatoms. The molecule has 1 amide bonds. The monoisotopic (exact) mass is 105 g/mol. The first-order valence-corrected chi connectivity index (χ1v) is 2.18. The Hall–Kier alpha value is -0.220. The van der Waals surface area contributed by atoms with Crippen molar-refractivity contribution in [2.24, 2.45) is 0 Å². The average Bonchev–Trinajstić information content (AvgIpc) is 1.35. The summed E-state index contributed by atoms with van der Waals surface area (Å²) in [5.74, 6) is 0. The van der Waals surface area contributed by atoms with Crippen LogP contribution in [0.15, 0.2) is 0 Å². The van der Waals surface area contributed by atoms with Gasteiger partial charge >= 0.3 is 5.24 Å². The normalized spacial score (nSPS) is 8.17. The highest BCUT2D eigenvalue weighted by Gasteiger charge is 1.86.